The van der Waals surface area contributed by atoms with Gasteiger partial charge in [0.15, 0.2) is 0 Å². The van der Waals surface area contributed by atoms with Crippen LogP contribution in [0.4, 0.5) is 5.69 Å². The van der Waals surface area contributed by atoms with Crippen LogP contribution in [0.1, 0.15) is 30.1 Å². The zero-order valence-electron chi connectivity index (χ0n) is 15.7. The SMILES string of the molecule is CCS(=O)(=O)N1CCC[C@H](C(=O)Nc2ccccc2C(=O)NCCOC)C1. The number of hydrogen-bond acceptors (Lipinski definition) is 5. The molecular formula is C18H27N3O5S. The Kier molecular flexibility index (Phi) is 7.76. The zero-order chi connectivity index (χ0) is 19.9. The van der Waals surface area contributed by atoms with E-state index in [2.05, 4.69) is 10.6 Å². The molecule has 1 saturated heterocycles. The monoisotopic (exact) mass is 397 g/mol. The normalized spacial score (nSPS) is 18.1. The summed E-state index contributed by atoms with van der Waals surface area (Å²) >= 11 is 0. The number of anilines is 1. The number of ether oxygens (including phenoxy) is 1. The van der Waals surface area contributed by atoms with Crippen LogP contribution in [0.3, 0.4) is 0 Å². The Morgan fingerprint density at radius 2 is 2.04 bits per heavy atom. The molecule has 1 aromatic rings. The summed E-state index contributed by atoms with van der Waals surface area (Å²) in [6, 6.07) is 6.74. The highest BCUT2D eigenvalue weighted by Crippen LogP contribution is 2.22. The molecule has 9 heteroatoms. The Morgan fingerprint density at radius 3 is 2.74 bits per heavy atom. The minimum absolute atomic E-state index is 0.0197. The number of nitrogens with zero attached hydrogens (tertiary/aromatic N) is 1. The summed E-state index contributed by atoms with van der Waals surface area (Å²) in [6.45, 7) is 2.97. The quantitative estimate of drug-likeness (QED) is 0.638. The maximum Gasteiger partial charge on any atom is 0.253 e. The van der Waals surface area contributed by atoms with Crippen LogP contribution in [-0.2, 0) is 19.6 Å². The van der Waals surface area contributed by atoms with Crippen molar-refractivity contribution in [1.29, 1.82) is 0 Å². The number of methoxy groups -OCH3 is 1. The predicted octanol–water partition coefficient (Wildman–Crippen LogP) is 1.06. The largest absolute Gasteiger partial charge is 0.383 e. The number of carbonyl (C=O) groups is 2. The van der Waals surface area contributed by atoms with Crippen LogP contribution >= 0.6 is 0 Å². The van der Waals surface area contributed by atoms with Crippen molar-refractivity contribution < 1.29 is 22.7 Å². The standard InChI is InChI=1S/C18H27N3O5S/c1-3-27(24,25)21-11-6-7-14(13-21)17(22)20-16-9-5-4-8-15(16)18(23)19-10-12-26-2/h4-5,8-9,14H,3,6-7,10-13H2,1-2H3,(H,19,23)(H,20,22)/t14-/m0/s1. The smallest absolute Gasteiger partial charge is 0.253 e. The van der Waals surface area contributed by atoms with Crippen molar-refractivity contribution in [3.63, 3.8) is 0 Å². The second kappa shape index (κ2) is 9.82. The lowest BCUT2D eigenvalue weighted by atomic mass is 9.98. The summed E-state index contributed by atoms with van der Waals surface area (Å²) < 4.78 is 30.5. The van der Waals surface area contributed by atoms with E-state index >= 15 is 0 Å². The Bertz CT molecular complexity index is 766. The van der Waals surface area contributed by atoms with E-state index in [0.29, 0.717) is 43.8 Å². The molecule has 27 heavy (non-hydrogen) atoms. The van der Waals surface area contributed by atoms with E-state index in [1.54, 1.807) is 38.3 Å². The van der Waals surface area contributed by atoms with E-state index in [-0.39, 0.29) is 24.1 Å². The molecule has 2 rings (SSSR count). The molecule has 0 bridgehead atoms. The van der Waals surface area contributed by atoms with Crippen molar-refractivity contribution in [2.24, 2.45) is 5.92 Å². The summed E-state index contributed by atoms with van der Waals surface area (Å²) in [7, 11) is -1.77. The molecule has 0 aliphatic carbocycles. The van der Waals surface area contributed by atoms with Crippen LogP contribution in [-0.4, -0.2) is 63.6 Å². The molecule has 150 valence electrons. The molecule has 1 heterocycles. The van der Waals surface area contributed by atoms with E-state index in [9.17, 15) is 18.0 Å². The molecule has 8 nitrogen and oxygen atoms in total. The van der Waals surface area contributed by atoms with Crippen LogP contribution < -0.4 is 10.6 Å². The number of para-hydroxylation sites is 1. The van der Waals surface area contributed by atoms with Crippen molar-refractivity contribution in [2.75, 3.05) is 44.4 Å². The van der Waals surface area contributed by atoms with Gasteiger partial charge in [0, 0.05) is 26.7 Å². The first-order valence-corrected chi connectivity index (χ1v) is 10.6. The number of piperidine rings is 1. The van der Waals surface area contributed by atoms with Crippen molar-refractivity contribution in [3.8, 4) is 0 Å². The van der Waals surface area contributed by atoms with E-state index in [1.807, 2.05) is 0 Å². The Balaban J connectivity index is 2.06. The minimum atomic E-state index is -3.32. The molecule has 1 fully saturated rings. The highest BCUT2D eigenvalue weighted by Gasteiger charge is 2.31. The highest BCUT2D eigenvalue weighted by atomic mass is 32.2. The van der Waals surface area contributed by atoms with Crippen LogP contribution in [0.15, 0.2) is 24.3 Å². The van der Waals surface area contributed by atoms with Gasteiger partial charge >= 0.3 is 0 Å². The second-order valence-corrected chi connectivity index (χ2v) is 8.64. The molecule has 0 aromatic heterocycles. The van der Waals surface area contributed by atoms with Gasteiger partial charge in [-0.2, -0.15) is 0 Å². The third kappa shape index (κ3) is 5.75. The van der Waals surface area contributed by atoms with Gasteiger partial charge in [-0.25, -0.2) is 12.7 Å². The molecule has 1 atom stereocenters. The molecule has 0 saturated carbocycles. The fourth-order valence-corrected chi connectivity index (χ4v) is 4.16. The summed E-state index contributed by atoms with van der Waals surface area (Å²) in [5.41, 5.74) is 0.767. The van der Waals surface area contributed by atoms with Gasteiger partial charge in [0.1, 0.15) is 0 Å². The van der Waals surface area contributed by atoms with Gasteiger partial charge in [-0.1, -0.05) is 12.1 Å². The van der Waals surface area contributed by atoms with Crippen LogP contribution in [0.5, 0.6) is 0 Å². The number of nitrogens with one attached hydrogen (secondary N) is 2. The number of rotatable bonds is 8. The number of carbonyl (C=O) groups excluding carboxylic acids is 2. The number of benzene rings is 1. The lowest BCUT2D eigenvalue weighted by molar-refractivity contribution is -0.120. The summed E-state index contributed by atoms with van der Waals surface area (Å²) in [6.07, 6.45) is 1.25. The van der Waals surface area contributed by atoms with E-state index in [4.69, 9.17) is 4.74 Å². The highest BCUT2D eigenvalue weighted by molar-refractivity contribution is 7.89. The molecule has 0 radical (unpaired) electrons. The van der Waals surface area contributed by atoms with Crippen LogP contribution in [0.25, 0.3) is 0 Å². The van der Waals surface area contributed by atoms with Crippen LogP contribution in [0, 0.1) is 5.92 Å². The van der Waals surface area contributed by atoms with E-state index in [1.165, 1.54) is 4.31 Å². The molecule has 0 spiro atoms. The van der Waals surface area contributed by atoms with E-state index < -0.39 is 15.9 Å². The summed E-state index contributed by atoms with van der Waals surface area (Å²) in [4.78, 5) is 25.0. The maximum absolute atomic E-state index is 12.7. The first-order valence-electron chi connectivity index (χ1n) is 9.04. The van der Waals surface area contributed by atoms with E-state index in [0.717, 1.165) is 0 Å². The lowest BCUT2D eigenvalue weighted by Crippen LogP contribution is -2.44. The molecule has 1 aliphatic rings. The Morgan fingerprint density at radius 1 is 1.30 bits per heavy atom. The fourth-order valence-electron chi connectivity index (χ4n) is 2.98. The first kappa shape index (κ1) is 21.3. The van der Waals surface area contributed by atoms with Crippen molar-refractivity contribution >= 4 is 27.5 Å². The zero-order valence-corrected chi connectivity index (χ0v) is 16.5. The third-order valence-electron chi connectivity index (χ3n) is 4.53. The Hall–Kier alpha value is -1.97. The molecule has 2 N–H and O–H groups in total. The maximum atomic E-state index is 12.7. The van der Waals surface area contributed by atoms with Gasteiger partial charge < -0.3 is 15.4 Å². The summed E-state index contributed by atoms with van der Waals surface area (Å²) in [5.74, 6) is -0.999. The van der Waals surface area contributed by atoms with Gasteiger partial charge in [-0.3, -0.25) is 9.59 Å². The van der Waals surface area contributed by atoms with Gasteiger partial charge in [-0.15, -0.1) is 0 Å². The topological polar surface area (TPSA) is 105 Å². The first-order chi connectivity index (χ1) is 12.9. The summed E-state index contributed by atoms with van der Waals surface area (Å²) in [5, 5.41) is 5.51. The second-order valence-electron chi connectivity index (χ2n) is 6.38. The van der Waals surface area contributed by atoms with Gasteiger partial charge in [0.05, 0.1) is 29.5 Å². The number of hydrogen-bond donors (Lipinski definition) is 2. The molecule has 0 unspecified atom stereocenters. The average molecular weight is 397 g/mol. The van der Waals surface area contributed by atoms with Gasteiger partial charge in [0.25, 0.3) is 5.91 Å². The van der Waals surface area contributed by atoms with Crippen LogP contribution in [0.2, 0.25) is 0 Å². The van der Waals surface area contributed by atoms with Crippen molar-refractivity contribution in [2.45, 2.75) is 19.8 Å². The minimum Gasteiger partial charge on any atom is -0.383 e. The average Bonchev–Trinajstić information content (AvgIpc) is 2.68. The predicted molar refractivity (Wildman–Crippen MR) is 103 cm³/mol. The van der Waals surface area contributed by atoms with Crippen molar-refractivity contribution in [1.82, 2.24) is 9.62 Å². The Labute approximate surface area is 160 Å². The van der Waals surface area contributed by atoms with Crippen molar-refractivity contribution in [3.05, 3.63) is 29.8 Å². The number of amides is 2. The molecule has 1 aromatic carbocycles. The fraction of sp³-hybridized carbons (Fsp3) is 0.556. The number of sulfonamides is 1. The molecular weight excluding hydrogens is 370 g/mol. The van der Waals surface area contributed by atoms with Gasteiger partial charge in [-0.05, 0) is 31.9 Å². The van der Waals surface area contributed by atoms with Gasteiger partial charge in [0.2, 0.25) is 15.9 Å². The molecule has 1 aliphatic heterocycles. The molecule has 2 amide bonds. The third-order valence-corrected chi connectivity index (χ3v) is 6.38. The lowest BCUT2D eigenvalue weighted by Gasteiger charge is -2.31.